The molecule has 78 valence electrons. The summed E-state index contributed by atoms with van der Waals surface area (Å²) in [5.74, 6) is 0.0532. The van der Waals surface area contributed by atoms with E-state index in [1.807, 2.05) is 0 Å². The fourth-order valence-electron chi connectivity index (χ4n) is 1.15. The van der Waals surface area contributed by atoms with Crippen molar-refractivity contribution in [2.75, 3.05) is 5.32 Å². The minimum atomic E-state index is -1.25. The van der Waals surface area contributed by atoms with Gasteiger partial charge < -0.3 is 5.11 Å². The minimum Gasteiger partial charge on any atom is -0.465 e. The zero-order chi connectivity index (χ0) is 11.0. The second-order valence-electron chi connectivity index (χ2n) is 2.62. The number of anilines is 1. The van der Waals surface area contributed by atoms with E-state index < -0.39 is 6.09 Å². The summed E-state index contributed by atoms with van der Waals surface area (Å²) in [5.41, 5.74) is 0.364. The van der Waals surface area contributed by atoms with Crippen LogP contribution in [0.5, 0.6) is 0 Å². The van der Waals surface area contributed by atoms with E-state index in [0.29, 0.717) is 10.5 Å². The summed E-state index contributed by atoms with van der Waals surface area (Å²) in [4.78, 5) is 14.2. The first-order valence-electron chi connectivity index (χ1n) is 3.78. The Balaban J connectivity index is 2.68. The molecule has 6 nitrogen and oxygen atoms in total. The van der Waals surface area contributed by atoms with Crippen molar-refractivity contribution in [2.45, 2.75) is 0 Å². The third-order valence-corrected chi connectivity index (χ3v) is 2.13. The minimum absolute atomic E-state index is 0.0532. The summed E-state index contributed by atoms with van der Waals surface area (Å²) in [7, 11) is 0. The van der Waals surface area contributed by atoms with E-state index in [9.17, 15) is 4.79 Å². The first-order valence-corrected chi connectivity index (χ1v) is 4.54. The highest BCUT2D eigenvalue weighted by atomic mass is 35.5. The molecular weight excluding hydrogens is 243 g/mol. The molecule has 2 rings (SSSR count). The molecule has 2 aromatic rings. The van der Waals surface area contributed by atoms with Crippen molar-refractivity contribution in [2.24, 2.45) is 0 Å². The van der Waals surface area contributed by atoms with Crippen molar-refractivity contribution in [1.29, 1.82) is 0 Å². The Hall–Kier alpha value is -1.53. The molecule has 2 N–H and O–H groups in total. The number of fused-ring (bicyclic) bond motifs is 1. The molecule has 2 heterocycles. The van der Waals surface area contributed by atoms with E-state index in [1.165, 1.54) is 4.52 Å². The van der Waals surface area contributed by atoms with Crippen LogP contribution in [-0.2, 0) is 0 Å². The van der Waals surface area contributed by atoms with Gasteiger partial charge in [-0.1, -0.05) is 11.6 Å². The van der Waals surface area contributed by atoms with Crippen LogP contribution in [-0.4, -0.2) is 25.8 Å². The number of nitrogens with one attached hydrogen (secondary N) is 1. The van der Waals surface area contributed by atoms with Crippen molar-refractivity contribution in [3.63, 3.8) is 0 Å². The molecule has 1 amide bonds. The summed E-state index contributed by atoms with van der Waals surface area (Å²) in [5, 5.41) is 14.8. The monoisotopic (exact) mass is 246 g/mol. The highest BCUT2D eigenvalue weighted by Crippen LogP contribution is 2.24. The Morgan fingerprint density at radius 1 is 1.53 bits per heavy atom. The molecule has 0 fully saturated rings. The first-order chi connectivity index (χ1) is 7.08. The summed E-state index contributed by atoms with van der Waals surface area (Å²) < 4.78 is 1.35. The molecule has 0 aromatic carbocycles. The number of hydrogen-bond acceptors (Lipinski definition) is 3. The van der Waals surface area contributed by atoms with Crippen molar-refractivity contribution in [1.82, 2.24) is 14.6 Å². The van der Waals surface area contributed by atoms with E-state index in [2.05, 4.69) is 15.4 Å². The second-order valence-corrected chi connectivity index (χ2v) is 3.36. The Bertz CT molecular complexity index is 539. The van der Waals surface area contributed by atoms with Crippen LogP contribution in [0.1, 0.15) is 0 Å². The van der Waals surface area contributed by atoms with Crippen molar-refractivity contribution in [3.8, 4) is 0 Å². The third-order valence-electron chi connectivity index (χ3n) is 1.66. The number of carbonyl (C=O) groups is 1. The zero-order valence-electron chi connectivity index (χ0n) is 7.11. The molecular formula is C7H4Cl2N4O2. The summed E-state index contributed by atoms with van der Waals surface area (Å²) in [6, 6.07) is 1.56. The summed E-state index contributed by atoms with van der Waals surface area (Å²) in [6.45, 7) is 0. The number of hydrogen-bond donors (Lipinski definition) is 2. The van der Waals surface area contributed by atoms with Gasteiger partial charge in [0, 0.05) is 6.20 Å². The molecule has 2 aromatic heterocycles. The van der Waals surface area contributed by atoms with Crippen LogP contribution in [0.25, 0.3) is 5.52 Å². The smallest absolute Gasteiger partial charge is 0.410 e. The zero-order valence-corrected chi connectivity index (χ0v) is 8.62. The molecule has 0 aliphatic rings. The van der Waals surface area contributed by atoms with Crippen molar-refractivity contribution in [3.05, 3.63) is 22.6 Å². The van der Waals surface area contributed by atoms with Gasteiger partial charge in [0.2, 0.25) is 5.28 Å². The van der Waals surface area contributed by atoms with Gasteiger partial charge >= 0.3 is 6.09 Å². The lowest BCUT2D eigenvalue weighted by Crippen LogP contribution is -2.11. The second kappa shape index (κ2) is 3.56. The van der Waals surface area contributed by atoms with Gasteiger partial charge in [-0.05, 0) is 17.7 Å². The van der Waals surface area contributed by atoms with Crippen LogP contribution in [0.2, 0.25) is 10.3 Å². The molecule has 0 aliphatic heterocycles. The molecule has 0 unspecified atom stereocenters. The van der Waals surface area contributed by atoms with Crippen LogP contribution in [0.4, 0.5) is 10.6 Å². The summed E-state index contributed by atoms with van der Waals surface area (Å²) in [6.07, 6.45) is 0.307. The van der Waals surface area contributed by atoms with E-state index in [0.717, 1.165) is 0 Å². The normalized spacial score (nSPS) is 10.5. The number of carboxylic acid groups (broad SMARTS) is 1. The van der Waals surface area contributed by atoms with Gasteiger partial charge in [-0.15, -0.1) is 5.10 Å². The lowest BCUT2D eigenvalue weighted by molar-refractivity contribution is 0.209. The molecule has 0 bridgehead atoms. The largest absolute Gasteiger partial charge is 0.465 e. The maximum absolute atomic E-state index is 10.5. The quantitative estimate of drug-likeness (QED) is 0.808. The Labute approximate surface area is 93.4 Å². The predicted octanol–water partition coefficient (Wildman–Crippen LogP) is 2.13. The van der Waals surface area contributed by atoms with Crippen LogP contribution in [0.3, 0.4) is 0 Å². The molecule has 15 heavy (non-hydrogen) atoms. The Kier molecular flexibility index (Phi) is 2.37. The number of rotatable bonds is 1. The molecule has 0 aliphatic carbocycles. The average Bonchev–Trinajstić information content (AvgIpc) is 2.46. The molecule has 0 spiro atoms. The van der Waals surface area contributed by atoms with Crippen molar-refractivity contribution >= 4 is 40.6 Å². The van der Waals surface area contributed by atoms with E-state index in [4.69, 9.17) is 28.3 Å². The molecule has 8 heteroatoms. The van der Waals surface area contributed by atoms with E-state index >= 15 is 0 Å². The van der Waals surface area contributed by atoms with E-state index in [-0.39, 0.29) is 11.1 Å². The Morgan fingerprint density at radius 3 is 2.93 bits per heavy atom. The van der Waals surface area contributed by atoms with Gasteiger partial charge in [0.1, 0.15) is 5.52 Å². The van der Waals surface area contributed by atoms with Gasteiger partial charge in [-0.2, -0.15) is 4.98 Å². The maximum atomic E-state index is 10.5. The predicted molar refractivity (Wildman–Crippen MR) is 54.7 cm³/mol. The van der Waals surface area contributed by atoms with Gasteiger partial charge in [0.15, 0.2) is 5.82 Å². The highest BCUT2D eigenvalue weighted by Gasteiger charge is 2.12. The topological polar surface area (TPSA) is 79.5 Å². The first kappa shape index (κ1) is 10.0. The van der Waals surface area contributed by atoms with Gasteiger partial charge in [0.05, 0.1) is 5.02 Å². The van der Waals surface area contributed by atoms with Crippen molar-refractivity contribution < 1.29 is 9.90 Å². The van der Waals surface area contributed by atoms with Crippen LogP contribution >= 0.6 is 23.2 Å². The maximum Gasteiger partial charge on any atom is 0.410 e. The molecule has 0 saturated heterocycles. The lowest BCUT2D eigenvalue weighted by Gasteiger charge is -2.03. The van der Waals surface area contributed by atoms with E-state index in [1.54, 1.807) is 12.3 Å². The summed E-state index contributed by atoms with van der Waals surface area (Å²) >= 11 is 11.4. The third kappa shape index (κ3) is 1.81. The number of aromatic nitrogens is 3. The highest BCUT2D eigenvalue weighted by molar-refractivity contribution is 6.35. The number of nitrogens with zero attached hydrogens (tertiary/aromatic N) is 3. The standard InChI is InChI=1S/C7H4Cl2N4O2/c8-3-1-2-13-4(3)5(11-7(14)15)10-6(9)12-13/h1-2H,(H,14,15)(H,10,11,12). The van der Waals surface area contributed by atoms with Crippen LogP contribution in [0, 0.1) is 0 Å². The fraction of sp³-hybridized carbons (Fsp3) is 0. The molecule has 0 radical (unpaired) electrons. The van der Waals surface area contributed by atoms with Gasteiger partial charge in [-0.25, -0.2) is 9.31 Å². The fourth-order valence-corrected chi connectivity index (χ4v) is 1.55. The molecule has 0 saturated carbocycles. The van der Waals surface area contributed by atoms with Gasteiger partial charge in [-0.3, -0.25) is 5.32 Å². The van der Waals surface area contributed by atoms with Gasteiger partial charge in [0.25, 0.3) is 0 Å². The Morgan fingerprint density at radius 2 is 2.27 bits per heavy atom. The van der Waals surface area contributed by atoms with Crippen LogP contribution in [0.15, 0.2) is 12.3 Å². The SMILES string of the molecule is O=C(O)Nc1nc(Cl)nn2ccc(Cl)c12. The number of halogens is 2. The molecule has 0 atom stereocenters. The average molecular weight is 247 g/mol. The lowest BCUT2D eigenvalue weighted by atomic mass is 10.5. The number of amides is 1. The van der Waals surface area contributed by atoms with Crippen LogP contribution < -0.4 is 5.32 Å².